The average Bonchev–Trinajstić information content (AvgIpc) is 3.66. The molecule has 0 radical (unpaired) electrons. The largest absolute Gasteiger partial charge is 0.380 e. The molecule has 4 aromatic carbocycles. The molecule has 0 spiro atoms. The number of hydrogen-bond acceptors (Lipinski definition) is 14. The van der Waals surface area contributed by atoms with Gasteiger partial charge >= 0.3 is 0 Å². The lowest BCUT2D eigenvalue weighted by Crippen LogP contribution is -2.36. The zero-order valence-electron chi connectivity index (χ0n) is 38.1. The van der Waals surface area contributed by atoms with Crippen LogP contribution in [0.1, 0.15) is 6.42 Å². The van der Waals surface area contributed by atoms with Gasteiger partial charge in [-0.1, -0.05) is 71.3 Å². The smallest absolute Gasteiger partial charge is 0.250 e. The first-order valence-electron chi connectivity index (χ1n) is 23.1. The van der Waals surface area contributed by atoms with E-state index < -0.39 is 0 Å². The van der Waals surface area contributed by atoms with Crippen LogP contribution in [0.4, 0.5) is 22.7 Å². The van der Waals surface area contributed by atoms with Crippen molar-refractivity contribution in [3.8, 4) is 22.5 Å². The Balaban J connectivity index is 0.000000165. The second kappa shape index (κ2) is 22.5. The number of amides is 2. The molecule has 362 valence electrons. The number of alkyl halides is 1. The van der Waals surface area contributed by atoms with E-state index in [4.69, 9.17) is 25.8 Å². The number of ether oxygens (including phenoxy) is 3. The summed E-state index contributed by atoms with van der Waals surface area (Å²) in [6, 6.07) is 31.7. The number of nitrogens with one attached hydrogen (secondary N) is 4. The highest BCUT2D eigenvalue weighted by Crippen LogP contribution is 2.53. The van der Waals surface area contributed by atoms with E-state index in [0.29, 0.717) is 39.6 Å². The molecule has 0 unspecified atom stereocenters. The fraction of sp³-hybridized carbons (Fsp3) is 0.294. The second-order valence-electron chi connectivity index (χ2n) is 16.9. The molecule has 0 saturated carbocycles. The second-order valence-corrected chi connectivity index (χ2v) is 21.4. The standard InChI is InChI=1S/C28H30N4O4S2.C23H20ClN3O3S2/c33-26-17-20(32-9-13-36-14-10-32)16-22(30-26)21-3-1-4-24-28(21)38-23-6-5-19(15-25(23)37-24)29-27(34)18-31-7-2-11-35-12-8-31;24-13-22(29)25-14-4-5-18-20(10-14)31-19-3-1-2-16(23(19)32-18)17-11-15(12-21(28)26-17)27-6-8-30-9-7-27/h1,3-6,15-17H,2,7-14,18H2,(H,29,34)(H,30,33);1-5,10-12H,6-9,13H2,(H,25,29)(H,26,28). The van der Waals surface area contributed by atoms with Gasteiger partial charge in [-0.3, -0.25) is 24.1 Å². The summed E-state index contributed by atoms with van der Waals surface area (Å²) in [6.07, 6.45) is 0.951. The lowest BCUT2D eigenvalue weighted by molar-refractivity contribution is -0.117. The number of aromatic amines is 2. The van der Waals surface area contributed by atoms with Gasteiger partial charge in [-0.25, -0.2) is 0 Å². The van der Waals surface area contributed by atoms with Gasteiger partial charge < -0.3 is 44.6 Å². The van der Waals surface area contributed by atoms with Gasteiger partial charge in [0, 0.05) is 131 Å². The maximum Gasteiger partial charge on any atom is 0.250 e. The van der Waals surface area contributed by atoms with Crippen LogP contribution < -0.4 is 31.6 Å². The fourth-order valence-electron chi connectivity index (χ4n) is 8.69. The number of carbonyl (C=O) groups excluding carboxylic acids is 2. The summed E-state index contributed by atoms with van der Waals surface area (Å²) in [5.74, 6) is -0.314. The van der Waals surface area contributed by atoms with Crippen molar-refractivity contribution >= 4 is 93.2 Å². The molecule has 2 aromatic heterocycles. The lowest BCUT2D eigenvalue weighted by atomic mass is 10.1. The Bertz CT molecular complexity index is 3030. The van der Waals surface area contributed by atoms with Crippen LogP contribution >= 0.6 is 58.6 Å². The summed E-state index contributed by atoms with van der Waals surface area (Å²) in [5.41, 5.74) is 6.77. The molecule has 5 aliphatic rings. The van der Waals surface area contributed by atoms with E-state index in [0.717, 1.165) is 137 Å². The first-order valence-corrected chi connectivity index (χ1v) is 26.9. The van der Waals surface area contributed by atoms with Crippen molar-refractivity contribution in [1.82, 2.24) is 14.9 Å². The number of nitrogens with zero attached hydrogens (tertiary/aromatic N) is 3. The number of halogens is 1. The van der Waals surface area contributed by atoms with E-state index in [1.165, 1.54) is 0 Å². The van der Waals surface area contributed by atoms with Crippen LogP contribution in [-0.2, 0) is 23.8 Å². The minimum absolute atomic E-state index is 0.00731. The van der Waals surface area contributed by atoms with E-state index in [-0.39, 0.29) is 28.8 Å². The number of anilines is 4. The minimum atomic E-state index is -0.230. The maximum absolute atomic E-state index is 12.7. The lowest BCUT2D eigenvalue weighted by Gasteiger charge is -2.29. The van der Waals surface area contributed by atoms with Crippen LogP contribution in [-0.4, -0.2) is 118 Å². The molecule has 70 heavy (non-hydrogen) atoms. The molecule has 4 N–H and O–H groups in total. The van der Waals surface area contributed by atoms with E-state index in [9.17, 15) is 19.2 Å². The topological polar surface area (TPSA) is 161 Å². The van der Waals surface area contributed by atoms with Crippen LogP contribution in [0.25, 0.3) is 22.5 Å². The number of H-pyrrole nitrogens is 2. The number of morpholine rings is 2. The van der Waals surface area contributed by atoms with E-state index in [1.807, 2.05) is 54.6 Å². The molecule has 0 atom stereocenters. The van der Waals surface area contributed by atoms with E-state index in [1.54, 1.807) is 59.2 Å². The predicted octanol–water partition coefficient (Wildman–Crippen LogP) is 8.83. The van der Waals surface area contributed by atoms with Crippen molar-refractivity contribution in [2.75, 3.05) is 112 Å². The predicted molar refractivity (Wildman–Crippen MR) is 280 cm³/mol. The van der Waals surface area contributed by atoms with Gasteiger partial charge in [-0.05, 0) is 67.1 Å². The minimum Gasteiger partial charge on any atom is -0.380 e. The Labute approximate surface area is 426 Å². The number of aromatic nitrogens is 2. The van der Waals surface area contributed by atoms with Crippen LogP contribution in [0.15, 0.2) is 146 Å². The molecule has 5 aliphatic heterocycles. The van der Waals surface area contributed by atoms with Crippen molar-refractivity contribution in [3.05, 3.63) is 118 Å². The van der Waals surface area contributed by atoms with Gasteiger partial charge in [0.1, 0.15) is 5.88 Å². The van der Waals surface area contributed by atoms with Gasteiger partial charge in [0.05, 0.1) is 51.0 Å². The molecule has 3 saturated heterocycles. The fourth-order valence-corrected chi connectivity index (χ4v) is 13.6. The molecule has 0 bridgehead atoms. The van der Waals surface area contributed by atoms with Crippen molar-refractivity contribution in [2.24, 2.45) is 0 Å². The molecule has 6 aromatic rings. The van der Waals surface area contributed by atoms with Crippen LogP contribution in [0, 0.1) is 0 Å². The Morgan fingerprint density at radius 3 is 1.53 bits per heavy atom. The number of fused-ring (bicyclic) bond motifs is 4. The summed E-state index contributed by atoms with van der Waals surface area (Å²) in [7, 11) is 0. The maximum atomic E-state index is 12.7. The Morgan fingerprint density at radius 1 is 0.529 bits per heavy atom. The van der Waals surface area contributed by atoms with Gasteiger partial charge in [-0.2, -0.15) is 0 Å². The highest BCUT2D eigenvalue weighted by Gasteiger charge is 2.25. The summed E-state index contributed by atoms with van der Waals surface area (Å²) in [4.78, 5) is 70.9. The summed E-state index contributed by atoms with van der Waals surface area (Å²) < 4.78 is 16.4. The summed E-state index contributed by atoms with van der Waals surface area (Å²) in [5, 5.41) is 5.87. The third kappa shape index (κ3) is 11.6. The number of carbonyl (C=O) groups is 2. The molecule has 19 heteroatoms. The zero-order valence-corrected chi connectivity index (χ0v) is 42.1. The van der Waals surface area contributed by atoms with Gasteiger partial charge in [0.25, 0.3) is 0 Å². The highest BCUT2D eigenvalue weighted by molar-refractivity contribution is 8.05. The first-order chi connectivity index (χ1) is 34.2. The summed E-state index contributed by atoms with van der Waals surface area (Å²) in [6.45, 7) is 9.24. The molecule has 0 aliphatic carbocycles. The molecule has 2 amide bonds. The number of benzene rings is 4. The average molecular weight is 1040 g/mol. The Morgan fingerprint density at radius 2 is 1.01 bits per heavy atom. The number of rotatable bonds is 9. The Kier molecular flexibility index (Phi) is 15.6. The van der Waals surface area contributed by atoms with Crippen molar-refractivity contribution < 1.29 is 23.8 Å². The molecule has 3 fully saturated rings. The van der Waals surface area contributed by atoms with Crippen LogP contribution in [0.5, 0.6) is 0 Å². The number of hydrogen-bond donors (Lipinski definition) is 4. The SMILES string of the molecule is O=C(CCl)Nc1ccc2c(c1)Sc1cccc(-c3cc(N4CCOCC4)cc(=O)[nH]3)c1S2.O=C(CN1CCCOCC1)Nc1ccc2c(c1)Sc1cccc(-c3cc(N4CCOCC4)cc(=O)[nH]3)c1S2. The summed E-state index contributed by atoms with van der Waals surface area (Å²) >= 11 is 12.3. The van der Waals surface area contributed by atoms with Gasteiger partial charge in [0.15, 0.2) is 0 Å². The van der Waals surface area contributed by atoms with Crippen LogP contribution in [0.3, 0.4) is 0 Å². The molecular formula is C51H50ClN7O7S4. The number of pyridine rings is 2. The molecular weight excluding hydrogens is 986 g/mol. The van der Waals surface area contributed by atoms with Crippen molar-refractivity contribution in [3.63, 3.8) is 0 Å². The molecule has 14 nitrogen and oxygen atoms in total. The highest BCUT2D eigenvalue weighted by atomic mass is 35.5. The van der Waals surface area contributed by atoms with Crippen molar-refractivity contribution in [2.45, 2.75) is 45.6 Å². The third-order valence-corrected chi connectivity index (χ3v) is 17.5. The van der Waals surface area contributed by atoms with Gasteiger partial charge in [-0.15, -0.1) is 11.6 Å². The molecule has 7 heterocycles. The van der Waals surface area contributed by atoms with E-state index in [2.05, 4.69) is 65.6 Å². The zero-order chi connectivity index (χ0) is 48.0. The van der Waals surface area contributed by atoms with E-state index >= 15 is 0 Å². The third-order valence-electron chi connectivity index (χ3n) is 12.1. The van der Waals surface area contributed by atoms with Gasteiger partial charge in [0.2, 0.25) is 22.9 Å². The van der Waals surface area contributed by atoms with Crippen molar-refractivity contribution in [1.29, 1.82) is 0 Å². The molecule has 11 rings (SSSR count). The first kappa shape index (κ1) is 48.5. The van der Waals surface area contributed by atoms with Crippen LogP contribution in [0.2, 0.25) is 0 Å². The quantitative estimate of drug-likeness (QED) is 0.102. The normalized spacial score (nSPS) is 16.6. The monoisotopic (exact) mass is 1040 g/mol. The Hall–Kier alpha value is -5.15.